The normalized spacial score (nSPS) is 30.7. The van der Waals surface area contributed by atoms with Crippen molar-refractivity contribution in [2.45, 2.75) is 6.04 Å². The van der Waals surface area contributed by atoms with E-state index in [1.807, 2.05) is 4.31 Å². The van der Waals surface area contributed by atoms with Crippen LogP contribution in [0.15, 0.2) is 0 Å². The summed E-state index contributed by atoms with van der Waals surface area (Å²) in [5, 5.41) is 8.69. The molecule has 3 nitrogen and oxygen atoms in total. The molecule has 0 saturated carbocycles. The van der Waals surface area contributed by atoms with E-state index in [1.54, 1.807) is 0 Å². The number of aliphatic hydroxyl groups excluding tert-OH is 1. The van der Waals surface area contributed by atoms with Crippen molar-refractivity contribution < 1.29 is 9.84 Å². The van der Waals surface area contributed by atoms with E-state index < -0.39 is 0 Å². The fourth-order valence-electron chi connectivity index (χ4n) is 0.793. The molecule has 4 heteroatoms. The molecule has 0 amide bonds. The van der Waals surface area contributed by atoms with Crippen molar-refractivity contribution in [3.8, 4) is 0 Å². The summed E-state index contributed by atoms with van der Waals surface area (Å²) >= 11 is 4.13. The van der Waals surface area contributed by atoms with Crippen LogP contribution in [0.25, 0.3) is 0 Å². The summed E-state index contributed by atoms with van der Waals surface area (Å²) in [6, 6.07) is 0.0853. The molecule has 0 aromatic heterocycles. The first kappa shape index (κ1) is 7.34. The van der Waals surface area contributed by atoms with Gasteiger partial charge in [0.05, 0.1) is 25.9 Å². The third-order valence-corrected chi connectivity index (χ3v) is 1.93. The molecule has 1 fully saturated rings. The Bertz CT molecular complexity index is 91.0. The van der Waals surface area contributed by atoms with Gasteiger partial charge in [-0.15, -0.1) is 0 Å². The maximum absolute atomic E-state index is 8.69. The molecule has 1 N–H and O–H groups in total. The average Bonchev–Trinajstić information content (AvgIpc) is 1.89. The average molecular weight is 149 g/mol. The van der Waals surface area contributed by atoms with Crippen molar-refractivity contribution in [1.82, 2.24) is 4.31 Å². The molecule has 0 aromatic carbocycles. The number of aliphatic hydroxyl groups is 1. The van der Waals surface area contributed by atoms with Gasteiger partial charge in [-0.2, -0.15) is 0 Å². The molecule has 0 aromatic rings. The van der Waals surface area contributed by atoms with Gasteiger partial charge >= 0.3 is 0 Å². The van der Waals surface area contributed by atoms with Crippen LogP contribution in [-0.4, -0.2) is 41.8 Å². The quantitative estimate of drug-likeness (QED) is 0.494. The van der Waals surface area contributed by atoms with E-state index in [2.05, 4.69) is 12.8 Å². The SMILES string of the molecule is OCC1COCCN1S. The number of ether oxygens (including phenoxy) is 1. The van der Waals surface area contributed by atoms with Crippen LogP contribution in [0.1, 0.15) is 0 Å². The number of rotatable bonds is 1. The van der Waals surface area contributed by atoms with E-state index in [4.69, 9.17) is 9.84 Å². The number of morpholine rings is 1. The Hall–Kier alpha value is 0.230. The highest BCUT2D eigenvalue weighted by atomic mass is 32.1. The first-order chi connectivity index (χ1) is 4.34. The predicted molar refractivity (Wildman–Crippen MR) is 37.4 cm³/mol. The molecule has 1 saturated heterocycles. The highest BCUT2D eigenvalue weighted by molar-refractivity contribution is 7.77. The zero-order valence-electron chi connectivity index (χ0n) is 5.16. The summed E-state index contributed by atoms with van der Waals surface area (Å²) in [6.07, 6.45) is 0. The monoisotopic (exact) mass is 149 g/mol. The molecule has 1 aliphatic rings. The Labute approximate surface area is 60.2 Å². The highest BCUT2D eigenvalue weighted by Crippen LogP contribution is 2.07. The third-order valence-electron chi connectivity index (χ3n) is 1.41. The summed E-state index contributed by atoms with van der Waals surface area (Å²) in [6.45, 7) is 2.25. The standard InChI is InChI=1S/C5H11NO2S/c7-3-5-4-8-2-1-6(5)9/h5,7,9H,1-4H2. The van der Waals surface area contributed by atoms with Crippen LogP contribution < -0.4 is 0 Å². The topological polar surface area (TPSA) is 32.7 Å². The van der Waals surface area contributed by atoms with Gasteiger partial charge in [-0.3, -0.25) is 0 Å². The Balaban J connectivity index is 2.30. The molecule has 1 unspecified atom stereocenters. The van der Waals surface area contributed by atoms with Crippen molar-refractivity contribution in [3.05, 3.63) is 0 Å². The zero-order chi connectivity index (χ0) is 6.69. The van der Waals surface area contributed by atoms with E-state index in [1.165, 1.54) is 0 Å². The molecule has 0 radical (unpaired) electrons. The van der Waals surface area contributed by atoms with Crippen molar-refractivity contribution in [1.29, 1.82) is 0 Å². The van der Waals surface area contributed by atoms with E-state index in [0.29, 0.717) is 6.61 Å². The van der Waals surface area contributed by atoms with Crippen molar-refractivity contribution in [3.63, 3.8) is 0 Å². The summed E-state index contributed by atoms with van der Waals surface area (Å²) in [5.41, 5.74) is 0. The van der Waals surface area contributed by atoms with E-state index in [0.717, 1.165) is 13.2 Å². The van der Waals surface area contributed by atoms with Gasteiger partial charge in [-0.05, 0) is 0 Å². The van der Waals surface area contributed by atoms with E-state index >= 15 is 0 Å². The number of hydrogen-bond acceptors (Lipinski definition) is 4. The largest absolute Gasteiger partial charge is 0.395 e. The van der Waals surface area contributed by atoms with E-state index in [9.17, 15) is 0 Å². The van der Waals surface area contributed by atoms with Crippen molar-refractivity contribution >= 4 is 12.8 Å². The molecule has 1 atom stereocenters. The Morgan fingerprint density at radius 3 is 3.00 bits per heavy atom. The molecular formula is C5H11NO2S. The Kier molecular flexibility index (Phi) is 2.78. The van der Waals surface area contributed by atoms with Crippen molar-refractivity contribution in [2.24, 2.45) is 0 Å². The fraction of sp³-hybridized carbons (Fsp3) is 1.00. The minimum Gasteiger partial charge on any atom is -0.395 e. The number of thiol groups is 1. The molecule has 0 bridgehead atoms. The minimum atomic E-state index is 0.0853. The van der Waals surface area contributed by atoms with Crippen LogP contribution in [0.2, 0.25) is 0 Å². The van der Waals surface area contributed by atoms with Crippen LogP contribution in [0.5, 0.6) is 0 Å². The predicted octanol–water partition coefficient (Wildman–Crippen LogP) is -0.476. The summed E-state index contributed by atoms with van der Waals surface area (Å²) < 4.78 is 6.90. The van der Waals surface area contributed by atoms with Gasteiger partial charge in [0.15, 0.2) is 0 Å². The lowest BCUT2D eigenvalue weighted by molar-refractivity contribution is 0.0164. The van der Waals surface area contributed by atoms with Gasteiger partial charge in [0, 0.05) is 6.54 Å². The van der Waals surface area contributed by atoms with Gasteiger partial charge < -0.3 is 9.84 Å². The maximum Gasteiger partial charge on any atom is 0.0666 e. The number of hydrogen-bond donors (Lipinski definition) is 2. The van der Waals surface area contributed by atoms with Crippen LogP contribution in [0.3, 0.4) is 0 Å². The summed E-state index contributed by atoms with van der Waals surface area (Å²) in [5.74, 6) is 0. The molecule has 9 heavy (non-hydrogen) atoms. The Morgan fingerprint density at radius 2 is 2.56 bits per heavy atom. The van der Waals surface area contributed by atoms with Gasteiger partial charge in [0.25, 0.3) is 0 Å². The molecule has 0 aliphatic carbocycles. The molecule has 0 spiro atoms. The lowest BCUT2D eigenvalue weighted by atomic mass is 10.3. The minimum absolute atomic E-state index is 0.0853. The van der Waals surface area contributed by atoms with Crippen molar-refractivity contribution in [2.75, 3.05) is 26.4 Å². The first-order valence-corrected chi connectivity index (χ1v) is 3.38. The van der Waals surface area contributed by atoms with Gasteiger partial charge in [-0.25, -0.2) is 4.31 Å². The number of nitrogens with zero attached hydrogens (tertiary/aromatic N) is 1. The van der Waals surface area contributed by atoms with Gasteiger partial charge in [-0.1, -0.05) is 12.8 Å². The molecule has 1 rings (SSSR count). The van der Waals surface area contributed by atoms with E-state index in [-0.39, 0.29) is 12.6 Å². The Morgan fingerprint density at radius 1 is 1.78 bits per heavy atom. The molecule has 54 valence electrons. The highest BCUT2D eigenvalue weighted by Gasteiger charge is 2.18. The van der Waals surface area contributed by atoms with Gasteiger partial charge in [0.2, 0.25) is 0 Å². The summed E-state index contributed by atoms with van der Waals surface area (Å²) in [4.78, 5) is 0. The third kappa shape index (κ3) is 1.82. The second-order valence-electron chi connectivity index (χ2n) is 2.07. The van der Waals surface area contributed by atoms with Crippen LogP contribution in [-0.2, 0) is 4.74 Å². The second kappa shape index (κ2) is 3.41. The molecule has 1 aliphatic heterocycles. The fourth-order valence-corrected chi connectivity index (χ4v) is 1.01. The molecular weight excluding hydrogens is 138 g/mol. The lowest BCUT2D eigenvalue weighted by Crippen LogP contribution is -2.41. The summed E-state index contributed by atoms with van der Waals surface area (Å²) in [7, 11) is 0. The molecule has 1 heterocycles. The maximum atomic E-state index is 8.69. The van der Waals surface area contributed by atoms with Gasteiger partial charge in [0.1, 0.15) is 0 Å². The first-order valence-electron chi connectivity index (χ1n) is 2.98. The van der Waals surface area contributed by atoms with Crippen LogP contribution in [0, 0.1) is 0 Å². The smallest absolute Gasteiger partial charge is 0.0666 e. The zero-order valence-corrected chi connectivity index (χ0v) is 6.05. The van der Waals surface area contributed by atoms with Crippen LogP contribution >= 0.6 is 12.8 Å². The second-order valence-corrected chi connectivity index (χ2v) is 2.59. The van der Waals surface area contributed by atoms with Crippen LogP contribution in [0.4, 0.5) is 0 Å². The lowest BCUT2D eigenvalue weighted by Gasteiger charge is -2.29.